The lowest BCUT2D eigenvalue weighted by Gasteiger charge is -2.41. The Morgan fingerprint density at radius 2 is 1.97 bits per heavy atom. The summed E-state index contributed by atoms with van der Waals surface area (Å²) in [5.41, 5.74) is 2.00. The molecule has 0 bridgehead atoms. The van der Waals surface area contributed by atoms with Gasteiger partial charge in [-0.25, -0.2) is 0 Å². The van der Waals surface area contributed by atoms with Crippen LogP contribution in [0.5, 0.6) is 0 Å². The molecule has 2 unspecified atom stereocenters. The fourth-order valence-electron chi connectivity index (χ4n) is 5.37. The number of halogens is 3. The lowest BCUT2D eigenvalue weighted by Crippen LogP contribution is -2.39. The summed E-state index contributed by atoms with van der Waals surface area (Å²) in [4.78, 5) is 0. The molecule has 0 saturated heterocycles. The number of alkyl halides is 3. The Kier molecular flexibility index (Phi) is 7.07. The molecule has 3 aliphatic rings. The molecular weight excluding hydrogens is 401 g/mol. The van der Waals surface area contributed by atoms with Crippen LogP contribution in [-0.4, -0.2) is 28.1 Å². The van der Waals surface area contributed by atoms with E-state index in [1.165, 1.54) is 17.2 Å². The number of fused-ring (bicyclic) bond motifs is 1. The van der Waals surface area contributed by atoms with E-state index >= 15 is 0 Å². The Bertz CT molecular complexity index is 813. The van der Waals surface area contributed by atoms with Gasteiger partial charge >= 0.3 is 6.18 Å². The van der Waals surface area contributed by atoms with Crippen molar-refractivity contribution in [1.82, 2.24) is 0 Å². The van der Waals surface area contributed by atoms with Crippen LogP contribution in [0.2, 0.25) is 0 Å². The van der Waals surface area contributed by atoms with Crippen LogP contribution in [0.15, 0.2) is 59.3 Å². The zero-order valence-electron chi connectivity index (χ0n) is 18.6. The van der Waals surface area contributed by atoms with E-state index in [0.29, 0.717) is 12.3 Å². The van der Waals surface area contributed by atoms with Crippen molar-refractivity contribution < 1.29 is 23.4 Å². The largest absolute Gasteiger partial charge is 0.420 e. The summed E-state index contributed by atoms with van der Waals surface area (Å²) < 4.78 is 38.4. The summed E-state index contributed by atoms with van der Waals surface area (Å²) in [6.07, 6.45) is 12.0. The lowest BCUT2D eigenvalue weighted by molar-refractivity contribution is -0.232. The van der Waals surface area contributed by atoms with Gasteiger partial charge < -0.3 is 10.2 Å². The molecule has 31 heavy (non-hydrogen) atoms. The highest BCUT2D eigenvalue weighted by molar-refractivity contribution is 5.39. The van der Waals surface area contributed by atoms with Crippen LogP contribution in [0, 0.1) is 11.3 Å². The second kappa shape index (κ2) is 9.11. The van der Waals surface area contributed by atoms with Gasteiger partial charge in [-0.2, -0.15) is 13.2 Å². The molecule has 0 amide bonds. The highest BCUT2D eigenvalue weighted by Gasteiger charge is 2.48. The minimum Gasteiger partial charge on any atom is -0.388 e. The number of rotatable bonds is 5. The summed E-state index contributed by atoms with van der Waals surface area (Å²) in [6.45, 7) is 7.12. The zero-order valence-corrected chi connectivity index (χ0v) is 18.6. The van der Waals surface area contributed by atoms with E-state index in [4.69, 9.17) is 0 Å². The minimum atomic E-state index is -4.66. The van der Waals surface area contributed by atoms with Crippen LogP contribution >= 0.6 is 0 Å². The maximum absolute atomic E-state index is 12.8. The second-order valence-corrected chi connectivity index (χ2v) is 9.74. The molecule has 0 spiro atoms. The van der Waals surface area contributed by atoms with E-state index < -0.39 is 17.9 Å². The van der Waals surface area contributed by atoms with Gasteiger partial charge in [0.25, 0.3) is 0 Å². The predicted octanol–water partition coefficient (Wildman–Crippen LogP) is 6.73. The third kappa shape index (κ3) is 5.09. The van der Waals surface area contributed by atoms with Crippen molar-refractivity contribution in [1.29, 1.82) is 0 Å². The van der Waals surface area contributed by atoms with Gasteiger partial charge in [0.1, 0.15) is 0 Å². The van der Waals surface area contributed by atoms with E-state index in [0.717, 1.165) is 75.5 Å². The third-order valence-corrected chi connectivity index (χ3v) is 7.55. The van der Waals surface area contributed by atoms with Gasteiger partial charge in [0.2, 0.25) is 0 Å². The van der Waals surface area contributed by atoms with Crippen LogP contribution in [0.1, 0.15) is 71.6 Å². The van der Waals surface area contributed by atoms with Crippen molar-refractivity contribution in [3.8, 4) is 0 Å². The second-order valence-electron chi connectivity index (χ2n) is 9.74. The first-order valence-electron chi connectivity index (χ1n) is 11.4. The Hall–Kier alpha value is -1.59. The molecule has 172 valence electrons. The maximum atomic E-state index is 12.8. The van der Waals surface area contributed by atoms with E-state index in [2.05, 4.69) is 31.7 Å². The fraction of sp³-hybridized carbons (Fsp3) is 0.615. The van der Waals surface area contributed by atoms with E-state index in [9.17, 15) is 23.4 Å². The van der Waals surface area contributed by atoms with Crippen LogP contribution in [-0.2, 0) is 0 Å². The molecule has 2 nitrogen and oxygen atoms in total. The van der Waals surface area contributed by atoms with Crippen molar-refractivity contribution in [2.24, 2.45) is 11.3 Å². The van der Waals surface area contributed by atoms with Crippen LogP contribution in [0.4, 0.5) is 13.2 Å². The van der Waals surface area contributed by atoms with Gasteiger partial charge in [-0.15, -0.1) is 0 Å². The first-order valence-corrected chi connectivity index (χ1v) is 11.4. The molecule has 2 fully saturated rings. The molecule has 0 aromatic carbocycles. The topological polar surface area (TPSA) is 40.5 Å². The van der Waals surface area contributed by atoms with Gasteiger partial charge in [-0.3, -0.25) is 0 Å². The van der Waals surface area contributed by atoms with E-state index in [-0.39, 0.29) is 5.41 Å². The SMILES string of the molecule is C=C1/C(=C\C=C2/CCCC3(C)C(CC/C=C/[C@@](C)(O)C(F)(F)F)=CCC23)CCC[C@@H]1O. The normalized spacial score (nSPS) is 34.3. The van der Waals surface area contributed by atoms with Crippen molar-refractivity contribution in [3.05, 3.63) is 59.3 Å². The van der Waals surface area contributed by atoms with Crippen LogP contribution < -0.4 is 0 Å². The van der Waals surface area contributed by atoms with E-state index in [1.54, 1.807) is 0 Å². The Morgan fingerprint density at radius 3 is 2.68 bits per heavy atom. The number of hydrogen-bond acceptors (Lipinski definition) is 2. The van der Waals surface area contributed by atoms with Crippen LogP contribution in [0.3, 0.4) is 0 Å². The molecule has 0 radical (unpaired) electrons. The first kappa shape index (κ1) is 24.1. The Balaban J connectivity index is 1.66. The fourth-order valence-corrected chi connectivity index (χ4v) is 5.37. The Morgan fingerprint density at radius 1 is 1.23 bits per heavy atom. The summed E-state index contributed by atoms with van der Waals surface area (Å²) >= 11 is 0. The Labute approximate surface area is 183 Å². The molecule has 2 N–H and O–H groups in total. The molecule has 0 aromatic rings. The quantitative estimate of drug-likeness (QED) is 0.469. The summed E-state index contributed by atoms with van der Waals surface area (Å²) in [7, 11) is 0. The number of aliphatic hydroxyl groups is 2. The van der Waals surface area contributed by atoms with Crippen LogP contribution in [0.25, 0.3) is 0 Å². The highest BCUT2D eigenvalue weighted by atomic mass is 19.4. The summed E-state index contributed by atoms with van der Waals surface area (Å²) in [5, 5.41) is 19.6. The standard InChI is InChI=1S/C26H35F3O2/c1-18-19(8-6-11-23(18)30)12-13-20-9-7-16-24(2)21(14-15-22(20)24)10-4-5-17-25(3,31)26(27,28)29/h5,12-14,17,22-23,30-31H,1,4,6-11,15-16H2,2-3H3/b17-5+,19-12-,20-13+/t22?,23-,24?,25+/m0/s1. The van der Waals surface area contributed by atoms with Crippen molar-refractivity contribution in [3.63, 3.8) is 0 Å². The highest BCUT2D eigenvalue weighted by Crippen LogP contribution is 2.55. The molecule has 3 aliphatic carbocycles. The third-order valence-electron chi connectivity index (χ3n) is 7.55. The van der Waals surface area contributed by atoms with Crippen molar-refractivity contribution in [2.45, 2.75) is 89.5 Å². The number of allylic oxidation sites excluding steroid dienone is 6. The molecule has 3 rings (SSSR count). The molecule has 0 heterocycles. The molecular formula is C26H35F3O2. The van der Waals surface area contributed by atoms with E-state index in [1.807, 2.05) is 0 Å². The maximum Gasteiger partial charge on any atom is 0.420 e. The van der Waals surface area contributed by atoms with Gasteiger partial charge in [-0.05, 0) is 93.3 Å². The zero-order chi connectivity index (χ0) is 22.9. The van der Waals surface area contributed by atoms with Crippen molar-refractivity contribution >= 4 is 0 Å². The van der Waals surface area contributed by atoms with Gasteiger partial charge in [0, 0.05) is 0 Å². The minimum absolute atomic E-state index is 0.0477. The number of hydrogen-bond donors (Lipinski definition) is 2. The molecule has 0 aliphatic heterocycles. The van der Waals surface area contributed by atoms with Crippen molar-refractivity contribution in [2.75, 3.05) is 0 Å². The van der Waals surface area contributed by atoms with Gasteiger partial charge in [-0.1, -0.05) is 49.0 Å². The predicted molar refractivity (Wildman–Crippen MR) is 118 cm³/mol. The molecule has 5 heteroatoms. The van der Waals surface area contributed by atoms with Gasteiger partial charge in [0.05, 0.1) is 6.10 Å². The monoisotopic (exact) mass is 436 g/mol. The number of aliphatic hydroxyl groups excluding tert-OH is 1. The smallest absolute Gasteiger partial charge is 0.388 e. The molecule has 4 atom stereocenters. The lowest BCUT2D eigenvalue weighted by atomic mass is 9.63. The summed E-state index contributed by atoms with van der Waals surface area (Å²) in [5.74, 6) is 0.428. The van der Waals surface area contributed by atoms with Gasteiger partial charge in [0.15, 0.2) is 5.60 Å². The average Bonchev–Trinajstić information content (AvgIpc) is 3.02. The summed E-state index contributed by atoms with van der Waals surface area (Å²) in [6, 6.07) is 0. The first-order chi connectivity index (χ1) is 14.5. The molecule has 2 saturated carbocycles. The molecule has 0 aromatic heterocycles. The average molecular weight is 437 g/mol.